The van der Waals surface area contributed by atoms with Crippen molar-refractivity contribution in [2.24, 2.45) is 5.92 Å². The maximum Gasteiger partial charge on any atom is 0.335 e. The topological polar surface area (TPSA) is 49.3 Å². The summed E-state index contributed by atoms with van der Waals surface area (Å²) in [5, 5.41) is 16.0. The molecule has 0 saturated carbocycles. The smallest absolute Gasteiger partial charge is 0.335 e. The number of aromatic carboxylic acids is 1. The van der Waals surface area contributed by atoms with E-state index in [0.717, 1.165) is 30.5 Å². The molecule has 3 heteroatoms. The normalized spacial score (nSPS) is 24.1. The van der Waals surface area contributed by atoms with E-state index in [2.05, 4.69) is 47.8 Å². The Morgan fingerprint density at radius 1 is 1.00 bits per heavy atom. The van der Waals surface area contributed by atoms with Crippen molar-refractivity contribution in [1.82, 2.24) is 0 Å². The highest BCUT2D eigenvalue weighted by Gasteiger charge is 2.39. The summed E-state index contributed by atoms with van der Waals surface area (Å²) >= 11 is 0. The Hall–Kier alpha value is -3.07. The van der Waals surface area contributed by atoms with Crippen molar-refractivity contribution >= 4 is 22.4 Å². The number of hydrogen-bond donors (Lipinski definition) is 2. The zero-order valence-electron chi connectivity index (χ0n) is 15.5. The average molecular weight is 367 g/mol. The zero-order chi connectivity index (χ0) is 18.8. The summed E-state index contributed by atoms with van der Waals surface area (Å²) in [6.07, 6.45) is 7.82. The van der Waals surface area contributed by atoms with Crippen LogP contribution in [0.15, 0.2) is 60.7 Å². The fourth-order valence-electron chi connectivity index (χ4n) is 5.58. The van der Waals surface area contributed by atoms with E-state index in [1.165, 1.54) is 27.5 Å². The second kappa shape index (κ2) is 5.71. The summed E-state index contributed by atoms with van der Waals surface area (Å²) in [6, 6.07) is 17.1. The molecule has 1 heterocycles. The third-order valence-corrected chi connectivity index (χ3v) is 6.86. The van der Waals surface area contributed by atoms with Gasteiger partial charge in [0, 0.05) is 11.6 Å². The Morgan fingerprint density at radius 2 is 1.86 bits per heavy atom. The maximum absolute atomic E-state index is 11.4. The van der Waals surface area contributed by atoms with Crippen LogP contribution in [0.3, 0.4) is 0 Å². The lowest BCUT2D eigenvalue weighted by Gasteiger charge is -2.38. The summed E-state index contributed by atoms with van der Waals surface area (Å²) in [5.74, 6) is -0.186. The second-order valence-electron chi connectivity index (χ2n) is 8.24. The molecule has 138 valence electrons. The fourth-order valence-corrected chi connectivity index (χ4v) is 5.58. The zero-order valence-corrected chi connectivity index (χ0v) is 15.5. The van der Waals surface area contributed by atoms with E-state index in [9.17, 15) is 9.90 Å². The van der Waals surface area contributed by atoms with E-state index < -0.39 is 5.97 Å². The standard InChI is InChI=1S/C25H21NO2/c27-25(28)16-10-12-22-21(13-16)17-4-2-6-19(17)24(26-22)20-11-9-15-8-7-14-3-1-5-18(20)23(14)15/h1-5,9-13,17,19,24,26H,6-8H2,(H,27,28)/t17-,19+,24+/m1/s1. The van der Waals surface area contributed by atoms with Crippen LogP contribution in [0.5, 0.6) is 0 Å². The predicted molar refractivity (Wildman–Crippen MR) is 111 cm³/mol. The summed E-state index contributed by atoms with van der Waals surface area (Å²) < 4.78 is 0. The number of benzene rings is 3. The van der Waals surface area contributed by atoms with Crippen LogP contribution in [0.4, 0.5) is 5.69 Å². The van der Waals surface area contributed by atoms with Crippen LogP contribution >= 0.6 is 0 Å². The summed E-state index contributed by atoms with van der Waals surface area (Å²) in [6.45, 7) is 0. The summed E-state index contributed by atoms with van der Waals surface area (Å²) in [5.41, 5.74) is 6.85. The first-order valence-corrected chi connectivity index (χ1v) is 10.0. The molecule has 0 aromatic heterocycles. The van der Waals surface area contributed by atoms with Gasteiger partial charge in [-0.15, -0.1) is 0 Å². The summed E-state index contributed by atoms with van der Waals surface area (Å²) in [4.78, 5) is 11.4. The van der Waals surface area contributed by atoms with Gasteiger partial charge in [-0.2, -0.15) is 0 Å². The SMILES string of the molecule is O=C(O)c1ccc2c(c1)[C@@H]1C=CC[C@@H]1[C@@H](c1ccc3c4c(cccc14)CC3)N2. The van der Waals surface area contributed by atoms with Crippen molar-refractivity contribution in [3.8, 4) is 0 Å². The number of carboxylic acid groups (broad SMARTS) is 1. The quantitative estimate of drug-likeness (QED) is 0.591. The Morgan fingerprint density at radius 3 is 2.71 bits per heavy atom. The highest BCUT2D eigenvalue weighted by atomic mass is 16.4. The van der Waals surface area contributed by atoms with Crippen LogP contribution in [0.25, 0.3) is 10.8 Å². The molecule has 0 fully saturated rings. The third-order valence-electron chi connectivity index (χ3n) is 6.86. The van der Waals surface area contributed by atoms with Gasteiger partial charge in [-0.1, -0.05) is 42.5 Å². The van der Waals surface area contributed by atoms with Crippen molar-refractivity contribution < 1.29 is 9.90 Å². The van der Waals surface area contributed by atoms with Gasteiger partial charge in [0.25, 0.3) is 0 Å². The lowest BCUT2D eigenvalue weighted by atomic mass is 9.75. The predicted octanol–water partition coefficient (Wildman–Crippen LogP) is 5.46. The van der Waals surface area contributed by atoms with Gasteiger partial charge >= 0.3 is 5.97 Å². The van der Waals surface area contributed by atoms with Crippen molar-refractivity contribution in [3.63, 3.8) is 0 Å². The minimum atomic E-state index is -0.865. The Bertz CT molecular complexity index is 1170. The number of allylic oxidation sites excluding steroid dienone is 2. The van der Waals surface area contributed by atoms with Gasteiger partial charge in [0.1, 0.15) is 0 Å². The molecular formula is C25H21NO2. The number of nitrogens with one attached hydrogen (secondary N) is 1. The first kappa shape index (κ1) is 15.9. The van der Waals surface area contributed by atoms with Crippen LogP contribution in [-0.2, 0) is 12.8 Å². The molecule has 2 N–H and O–H groups in total. The number of carboxylic acids is 1. The lowest BCUT2D eigenvalue weighted by Crippen LogP contribution is -2.29. The maximum atomic E-state index is 11.4. The highest BCUT2D eigenvalue weighted by molar-refractivity contribution is 5.94. The number of carbonyl (C=O) groups is 1. The lowest BCUT2D eigenvalue weighted by molar-refractivity contribution is 0.0696. The molecule has 3 atom stereocenters. The molecule has 28 heavy (non-hydrogen) atoms. The molecule has 2 aliphatic carbocycles. The van der Waals surface area contributed by atoms with E-state index >= 15 is 0 Å². The first-order chi connectivity index (χ1) is 13.7. The van der Waals surface area contributed by atoms with Crippen molar-refractivity contribution in [1.29, 1.82) is 0 Å². The van der Waals surface area contributed by atoms with Crippen LogP contribution in [-0.4, -0.2) is 11.1 Å². The number of rotatable bonds is 2. The molecule has 3 nitrogen and oxygen atoms in total. The molecule has 6 rings (SSSR count). The third kappa shape index (κ3) is 2.13. The van der Waals surface area contributed by atoms with Crippen molar-refractivity contribution in [2.45, 2.75) is 31.2 Å². The summed E-state index contributed by atoms with van der Waals surface area (Å²) in [7, 11) is 0. The van der Waals surface area contributed by atoms with Gasteiger partial charge < -0.3 is 10.4 Å². The number of hydrogen-bond acceptors (Lipinski definition) is 2. The van der Waals surface area contributed by atoms with Gasteiger partial charge in [-0.3, -0.25) is 0 Å². The molecule has 1 aliphatic heterocycles. The molecule has 3 aliphatic rings. The van der Waals surface area contributed by atoms with Crippen LogP contribution in [0, 0.1) is 5.92 Å². The van der Waals surface area contributed by atoms with Gasteiger partial charge in [0.15, 0.2) is 0 Å². The fraction of sp³-hybridized carbons (Fsp3) is 0.240. The Balaban J connectivity index is 1.51. The molecule has 0 amide bonds. The molecular weight excluding hydrogens is 346 g/mol. The molecule has 0 radical (unpaired) electrons. The van der Waals surface area contributed by atoms with Crippen LogP contribution < -0.4 is 5.32 Å². The largest absolute Gasteiger partial charge is 0.478 e. The molecule has 0 spiro atoms. The van der Waals surface area contributed by atoms with Crippen LogP contribution in [0.2, 0.25) is 0 Å². The monoisotopic (exact) mass is 367 g/mol. The van der Waals surface area contributed by atoms with E-state index in [-0.39, 0.29) is 12.0 Å². The van der Waals surface area contributed by atoms with E-state index in [0.29, 0.717) is 11.5 Å². The van der Waals surface area contributed by atoms with Gasteiger partial charge in [-0.25, -0.2) is 4.79 Å². The number of aryl methyl sites for hydroxylation is 2. The molecule has 0 unspecified atom stereocenters. The first-order valence-electron chi connectivity index (χ1n) is 10.0. The number of fused-ring (bicyclic) bond motifs is 3. The van der Waals surface area contributed by atoms with E-state index in [1.54, 1.807) is 6.07 Å². The van der Waals surface area contributed by atoms with E-state index in [4.69, 9.17) is 0 Å². The average Bonchev–Trinajstić information content (AvgIpc) is 3.36. The minimum absolute atomic E-state index is 0.230. The molecule has 3 aromatic carbocycles. The van der Waals surface area contributed by atoms with E-state index in [1.807, 2.05) is 12.1 Å². The van der Waals surface area contributed by atoms with Crippen LogP contribution in [0.1, 0.15) is 51.0 Å². The van der Waals surface area contributed by atoms with Gasteiger partial charge in [0.2, 0.25) is 0 Å². The van der Waals surface area contributed by atoms with Crippen molar-refractivity contribution in [3.05, 3.63) is 88.5 Å². The Kier molecular flexibility index (Phi) is 3.25. The Labute approximate surface area is 163 Å². The molecule has 3 aromatic rings. The van der Waals surface area contributed by atoms with Gasteiger partial charge in [-0.05, 0) is 76.4 Å². The highest BCUT2D eigenvalue weighted by Crippen LogP contribution is 2.51. The van der Waals surface area contributed by atoms with Gasteiger partial charge in [0.05, 0.1) is 11.6 Å². The molecule has 0 bridgehead atoms. The second-order valence-corrected chi connectivity index (χ2v) is 8.24. The minimum Gasteiger partial charge on any atom is -0.478 e. The van der Waals surface area contributed by atoms with Crippen molar-refractivity contribution in [2.75, 3.05) is 5.32 Å². The molecule has 0 saturated heterocycles. The number of anilines is 1.